The number of fused-ring (bicyclic) bond motifs is 1. The van der Waals surface area contributed by atoms with Gasteiger partial charge in [-0.05, 0) is 67.3 Å². The van der Waals surface area contributed by atoms with Gasteiger partial charge in [-0.2, -0.15) is 0 Å². The van der Waals surface area contributed by atoms with Crippen molar-refractivity contribution in [3.63, 3.8) is 0 Å². The first kappa shape index (κ1) is 23.5. The van der Waals surface area contributed by atoms with Crippen LogP contribution in [0.15, 0.2) is 48.5 Å². The van der Waals surface area contributed by atoms with Crippen LogP contribution in [0.5, 0.6) is 0 Å². The Morgan fingerprint density at radius 1 is 1.03 bits per heavy atom. The molecule has 3 aromatic rings. The Kier molecular flexibility index (Phi) is 6.08. The van der Waals surface area contributed by atoms with Crippen LogP contribution in [0.3, 0.4) is 0 Å². The van der Waals surface area contributed by atoms with E-state index in [0.717, 1.165) is 26.9 Å². The van der Waals surface area contributed by atoms with Gasteiger partial charge in [0.25, 0.3) is 0 Å². The summed E-state index contributed by atoms with van der Waals surface area (Å²) >= 11 is 1.51. The fraction of sp³-hybridized carbons (Fsp3) is 0.385. The zero-order valence-electron chi connectivity index (χ0n) is 19.0. The monoisotopic (exact) mass is 488 g/mol. The smallest absolute Gasteiger partial charge is 0.190 e. The molecule has 0 aliphatic carbocycles. The van der Waals surface area contributed by atoms with E-state index in [1.54, 1.807) is 19.9 Å². The van der Waals surface area contributed by atoms with E-state index in [4.69, 9.17) is 14.2 Å². The first-order valence-corrected chi connectivity index (χ1v) is 11.9. The van der Waals surface area contributed by atoms with Crippen molar-refractivity contribution in [1.29, 1.82) is 0 Å². The number of aliphatic hydroxyl groups excluding tert-OH is 2. The van der Waals surface area contributed by atoms with E-state index in [1.807, 2.05) is 37.3 Å². The van der Waals surface area contributed by atoms with E-state index in [-0.39, 0.29) is 0 Å². The lowest BCUT2D eigenvalue weighted by molar-refractivity contribution is -0.226. The van der Waals surface area contributed by atoms with Crippen molar-refractivity contribution in [3.8, 4) is 10.4 Å². The third kappa shape index (κ3) is 4.42. The van der Waals surface area contributed by atoms with Crippen molar-refractivity contribution in [2.45, 2.75) is 63.7 Å². The molecular formula is C26H26F2O5S. The maximum Gasteiger partial charge on any atom is 0.190 e. The molecule has 180 valence electrons. The molecule has 5 unspecified atom stereocenters. The predicted octanol–water partition coefficient (Wildman–Crippen LogP) is 4.86. The van der Waals surface area contributed by atoms with E-state index >= 15 is 0 Å². The molecule has 2 aliphatic heterocycles. The zero-order valence-corrected chi connectivity index (χ0v) is 19.8. The Morgan fingerprint density at radius 2 is 1.82 bits per heavy atom. The van der Waals surface area contributed by atoms with Crippen LogP contribution in [0.25, 0.3) is 10.4 Å². The average Bonchev–Trinajstić information content (AvgIpc) is 3.45. The van der Waals surface area contributed by atoms with Gasteiger partial charge in [0.1, 0.15) is 24.4 Å². The average molecular weight is 489 g/mol. The van der Waals surface area contributed by atoms with E-state index in [9.17, 15) is 19.0 Å². The molecule has 5 atom stereocenters. The van der Waals surface area contributed by atoms with Crippen molar-refractivity contribution in [2.75, 3.05) is 0 Å². The fourth-order valence-corrected chi connectivity index (χ4v) is 5.53. The van der Waals surface area contributed by atoms with Gasteiger partial charge < -0.3 is 24.4 Å². The Bertz CT molecular complexity index is 1210. The molecule has 5 rings (SSSR count). The molecule has 2 aromatic carbocycles. The number of hydrogen-bond donors (Lipinski definition) is 2. The number of halogens is 2. The van der Waals surface area contributed by atoms with Crippen molar-refractivity contribution in [3.05, 3.63) is 81.7 Å². The van der Waals surface area contributed by atoms with E-state index in [1.165, 1.54) is 17.4 Å². The Balaban J connectivity index is 1.33. The third-order valence-corrected chi connectivity index (χ3v) is 7.44. The highest BCUT2D eigenvalue weighted by Gasteiger charge is 2.56. The number of thiophene rings is 1. The van der Waals surface area contributed by atoms with Crippen LogP contribution < -0.4 is 0 Å². The van der Waals surface area contributed by atoms with Crippen LogP contribution in [-0.2, 0) is 20.6 Å². The molecule has 2 aliphatic rings. The summed E-state index contributed by atoms with van der Waals surface area (Å²) in [4.78, 5) is 1.89. The van der Waals surface area contributed by atoms with Crippen molar-refractivity contribution in [2.24, 2.45) is 0 Å². The van der Waals surface area contributed by atoms with Gasteiger partial charge in [0, 0.05) is 16.2 Å². The molecule has 2 saturated heterocycles. The lowest BCUT2D eigenvalue weighted by Crippen LogP contribution is -2.37. The second kappa shape index (κ2) is 8.78. The highest BCUT2D eigenvalue weighted by molar-refractivity contribution is 7.15. The largest absolute Gasteiger partial charge is 0.387 e. The summed E-state index contributed by atoms with van der Waals surface area (Å²) in [6.45, 7) is 5.49. The van der Waals surface area contributed by atoms with Crippen LogP contribution in [0, 0.1) is 18.6 Å². The minimum Gasteiger partial charge on any atom is -0.387 e. The van der Waals surface area contributed by atoms with Gasteiger partial charge in [-0.25, -0.2) is 8.78 Å². The molecule has 1 aromatic heterocycles. The zero-order chi connectivity index (χ0) is 24.2. The van der Waals surface area contributed by atoms with Gasteiger partial charge in [-0.15, -0.1) is 11.3 Å². The fourth-order valence-electron chi connectivity index (χ4n) is 4.50. The predicted molar refractivity (Wildman–Crippen MR) is 123 cm³/mol. The first-order valence-electron chi connectivity index (χ1n) is 11.1. The molecule has 8 heteroatoms. The summed E-state index contributed by atoms with van der Waals surface area (Å²) in [5.41, 5.74) is 3.32. The van der Waals surface area contributed by atoms with Crippen LogP contribution >= 0.6 is 11.3 Å². The van der Waals surface area contributed by atoms with Crippen LogP contribution in [-0.4, -0.2) is 40.6 Å². The minimum atomic E-state index is -1.06. The molecular weight excluding hydrogens is 462 g/mol. The van der Waals surface area contributed by atoms with Gasteiger partial charge in [-0.1, -0.05) is 24.3 Å². The van der Waals surface area contributed by atoms with Gasteiger partial charge in [0.15, 0.2) is 23.7 Å². The van der Waals surface area contributed by atoms with Gasteiger partial charge in [0.05, 0.1) is 0 Å². The lowest BCUT2D eigenvalue weighted by atomic mass is 9.94. The number of ether oxygens (including phenoxy) is 3. The first-order chi connectivity index (χ1) is 16.1. The highest BCUT2D eigenvalue weighted by Crippen LogP contribution is 2.41. The topological polar surface area (TPSA) is 68.2 Å². The van der Waals surface area contributed by atoms with Crippen LogP contribution in [0.4, 0.5) is 8.78 Å². The molecule has 34 heavy (non-hydrogen) atoms. The minimum absolute atomic E-state index is 0.612. The maximum atomic E-state index is 13.6. The molecule has 0 radical (unpaired) electrons. The number of hydrogen-bond acceptors (Lipinski definition) is 6. The molecule has 0 bridgehead atoms. The summed E-state index contributed by atoms with van der Waals surface area (Å²) in [5, 5.41) is 21.7. The molecule has 0 saturated carbocycles. The van der Waals surface area contributed by atoms with E-state index in [0.29, 0.717) is 17.5 Å². The van der Waals surface area contributed by atoms with Crippen LogP contribution in [0.1, 0.15) is 41.5 Å². The summed E-state index contributed by atoms with van der Waals surface area (Å²) in [6, 6.07) is 13.4. The van der Waals surface area contributed by atoms with Crippen molar-refractivity contribution >= 4 is 11.3 Å². The Morgan fingerprint density at radius 3 is 2.56 bits per heavy atom. The number of rotatable bonds is 5. The second-order valence-corrected chi connectivity index (χ2v) is 10.4. The number of aliphatic hydroxyl groups is 2. The number of aryl methyl sites for hydroxylation is 1. The second-order valence-electron chi connectivity index (χ2n) is 9.26. The van der Waals surface area contributed by atoms with E-state index < -0.39 is 48.1 Å². The normalized spacial score (nSPS) is 26.6. The molecule has 0 amide bonds. The van der Waals surface area contributed by atoms with Gasteiger partial charge >= 0.3 is 0 Å². The quantitative estimate of drug-likeness (QED) is 0.537. The standard InChI is InChI=1S/C26H26F2O5S/c1-13-4-5-15(21(29)23-22(30)24-25(31-23)33-26(2,3)32-24)10-16(13)11-17-7-9-20(34-17)14-6-8-18(27)19(28)12-14/h4-10,12,21-25,29-30H,11H2,1-3H3. The summed E-state index contributed by atoms with van der Waals surface area (Å²) < 4.78 is 44.1. The maximum absolute atomic E-state index is 13.6. The summed E-state index contributed by atoms with van der Waals surface area (Å²) in [5.74, 6) is -2.58. The Labute approximate surface area is 200 Å². The Hall–Kier alpha value is -2.20. The van der Waals surface area contributed by atoms with Gasteiger partial charge in [0.2, 0.25) is 0 Å². The van der Waals surface area contributed by atoms with Gasteiger partial charge in [-0.3, -0.25) is 0 Å². The SMILES string of the molecule is Cc1ccc(C(O)C2OC3OC(C)(C)OC3C2O)cc1Cc1ccc(-c2ccc(F)c(F)c2)s1. The highest BCUT2D eigenvalue weighted by atomic mass is 32.1. The van der Waals surface area contributed by atoms with Crippen molar-refractivity contribution < 1.29 is 33.2 Å². The molecule has 2 N–H and O–H groups in total. The molecule has 3 heterocycles. The third-order valence-electron chi connectivity index (χ3n) is 6.31. The lowest BCUT2D eigenvalue weighted by Gasteiger charge is -2.26. The van der Waals surface area contributed by atoms with Crippen LogP contribution in [0.2, 0.25) is 0 Å². The number of benzene rings is 2. The van der Waals surface area contributed by atoms with Crippen molar-refractivity contribution in [1.82, 2.24) is 0 Å². The molecule has 0 spiro atoms. The summed E-state index contributed by atoms with van der Waals surface area (Å²) in [6.07, 6.45) is -3.72. The molecule has 5 nitrogen and oxygen atoms in total. The molecule has 2 fully saturated rings. The van der Waals surface area contributed by atoms with E-state index in [2.05, 4.69) is 0 Å². The summed E-state index contributed by atoms with van der Waals surface area (Å²) in [7, 11) is 0.